The number of rotatable bonds is 5. The standard InChI is InChI=1S/C5H11NO2S2/c1-3-5(9-2)4-6-10(7)8/h3,5-6H,1,4H2,2H3,(H,7,8)/p-1. The molecular weight excluding hydrogens is 170 g/mol. The van der Waals surface area contributed by atoms with Crippen molar-refractivity contribution in [3.8, 4) is 0 Å². The van der Waals surface area contributed by atoms with Gasteiger partial charge in [-0.2, -0.15) is 11.8 Å². The highest BCUT2D eigenvalue weighted by molar-refractivity contribution is 7.99. The van der Waals surface area contributed by atoms with Crippen LogP contribution in [0.2, 0.25) is 0 Å². The topological polar surface area (TPSA) is 52.2 Å². The van der Waals surface area contributed by atoms with Gasteiger partial charge in [0.1, 0.15) is 0 Å². The van der Waals surface area contributed by atoms with Crippen LogP contribution in [-0.2, 0) is 11.3 Å². The minimum atomic E-state index is -2.15. The van der Waals surface area contributed by atoms with Crippen molar-refractivity contribution in [3.05, 3.63) is 12.7 Å². The monoisotopic (exact) mass is 180 g/mol. The Morgan fingerprint density at radius 1 is 2.00 bits per heavy atom. The van der Waals surface area contributed by atoms with Gasteiger partial charge in [0.2, 0.25) is 0 Å². The van der Waals surface area contributed by atoms with E-state index >= 15 is 0 Å². The van der Waals surface area contributed by atoms with Crippen molar-refractivity contribution in [2.75, 3.05) is 12.8 Å². The largest absolute Gasteiger partial charge is 0.760 e. The summed E-state index contributed by atoms with van der Waals surface area (Å²) in [5.74, 6) is 0. The van der Waals surface area contributed by atoms with Crippen LogP contribution in [0.15, 0.2) is 12.7 Å². The van der Waals surface area contributed by atoms with E-state index < -0.39 is 11.3 Å². The maximum absolute atomic E-state index is 9.98. The van der Waals surface area contributed by atoms with E-state index in [0.29, 0.717) is 6.54 Å². The zero-order chi connectivity index (χ0) is 7.98. The van der Waals surface area contributed by atoms with Crippen molar-refractivity contribution in [3.63, 3.8) is 0 Å². The molecule has 1 N–H and O–H groups in total. The molecule has 0 rings (SSSR count). The predicted octanol–water partition coefficient (Wildman–Crippen LogP) is 0.288. The minimum absolute atomic E-state index is 0.165. The zero-order valence-electron chi connectivity index (χ0n) is 5.70. The summed E-state index contributed by atoms with van der Waals surface area (Å²) in [5.41, 5.74) is 0. The van der Waals surface area contributed by atoms with E-state index in [-0.39, 0.29) is 5.25 Å². The quantitative estimate of drug-likeness (QED) is 0.488. The SMILES string of the molecule is C=CC(CNS(=O)[O-])SC. The lowest BCUT2D eigenvalue weighted by Gasteiger charge is -2.11. The second-order valence-corrected chi connectivity index (χ2v) is 3.43. The Hall–Kier alpha value is 0.160. The first-order valence-electron chi connectivity index (χ1n) is 2.68. The van der Waals surface area contributed by atoms with Gasteiger partial charge in [0, 0.05) is 23.1 Å². The molecular formula is C5H10NO2S2-. The van der Waals surface area contributed by atoms with E-state index in [2.05, 4.69) is 11.3 Å². The van der Waals surface area contributed by atoms with Gasteiger partial charge in [-0.05, 0) is 6.26 Å². The van der Waals surface area contributed by atoms with Crippen molar-refractivity contribution < 1.29 is 8.76 Å². The molecule has 3 nitrogen and oxygen atoms in total. The molecule has 5 heteroatoms. The summed E-state index contributed by atoms with van der Waals surface area (Å²) in [5, 5.41) is 0.165. The summed E-state index contributed by atoms with van der Waals surface area (Å²) in [6.45, 7) is 3.97. The lowest BCUT2D eigenvalue weighted by molar-refractivity contribution is 0.524. The van der Waals surface area contributed by atoms with Crippen LogP contribution in [0.1, 0.15) is 0 Å². The summed E-state index contributed by atoms with van der Waals surface area (Å²) in [6, 6.07) is 0. The van der Waals surface area contributed by atoms with Crippen LogP contribution in [0.25, 0.3) is 0 Å². The Bertz CT molecular complexity index is 129. The third kappa shape index (κ3) is 4.99. The molecule has 0 fully saturated rings. The Labute approximate surface area is 67.7 Å². The highest BCUT2D eigenvalue weighted by atomic mass is 32.2. The molecule has 0 radical (unpaired) electrons. The molecule has 0 heterocycles. The third-order valence-corrected chi connectivity index (χ3v) is 2.33. The van der Waals surface area contributed by atoms with E-state index in [4.69, 9.17) is 0 Å². The highest BCUT2D eigenvalue weighted by Crippen LogP contribution is 2.04. The molecule has 0 amide bonds. The molecule has 0 aliphatic heterocycles. The average Bonchev–Trinajstić information content (AvgIpc) is 1.90. The van der Waals surface area contributed by atoms with E-state index in [9.17, 15) is 8.76 Å². The van der Waals surface area contributed by atoms with Crippen molar-refractivity contribution >= 4 is 23.0 Å². The fourth-order valence-corrected chi connectivity index (χ4v) is 1.28. The lowest BCUT2D eigenvalue weighted by atomic mass is 10.4. The van der Waals surface area contributed by atoms with Gasteiger partial charge in [0.25, 0.3) is 0 Å². The fraction of sp³-hybridized carbons (Fsp3) is 0.600. The van der Waals surface area contributed by atoms with Gasteiger partial charge in [0.05, 0.1) is 0 Å². The Morgan fingerprint density at radius 2 is 2.60 bits per heavy atom. The predicted molar refractivity (Wildman–Crippen MR) is 44.4 cm³/mol. The molecule has 2 atom stereocenters. The molecule has 0 aliphatic carbocycles. The summed E-state index contributed by atoms with van der Waals surface area (Å²) in [4.78, 5) is 0. The lowest BCUT2D eigenvalue weighted by Crippen LogP contribution is -2.24. The zero-order valence-corrected chi connectivity index (χ0v) is 7.33. The van der Waals surface area contributed by atoms with Crippen molar-refractivity contribution in [1.29, 1.82) is 0 Å². The Kier molecular flexibility index (Phi) is 6.00. The number of hydrogen-bond donors (Lipinski definition) is 1. The van der Waals surface area contributed by atoms with Crippen LogP contribution in [0.3, 0.4) is 0 Å². The van der Waals surface area contributed by atoms with Crippen LogP contribution in [-0.4, -0.2) is 26.8 Å². The molecule has 10 heavy (non-hydrogen) atoms. The minimum Gasteiger partial charge on any atom is -0.760 e. The van der Waals surface area contributed by atoms with Gasteiger partial charge in [-0.15, -0.1) is 6.58 Å². The third-order valence-electron chi connectivity index (χ3n) is 0.968. The van der Waals surface area contributed by atoms with Crippen LogP contribution < -0.4 is 4.72 Å². The van der Waals surface area contributed by atoms with Crippen molar-refractivity contribution in [2.45, 2.75) is 5.25 Å². The molecule has 0 aromatic heterocycles. The molecule has 60 valence electrons. The van der Waals surface area contributed by atoms with Gasteiger partial charge in [0.15, 0.2) is 0 Å². The summed E-state index contributed by atoms with van der Waals surface area (Å²) in [6.07, 6.45) is 3.62. The first kappa shape index (κ1) is 10.2. The molecule has 2 unspecified atom stereocenters. The second-order valence-electron chi connectivity index (χ2n) is 1.59. The first-order valence-corrected chi connectivity index (χ1v) is 5.05. The van der Waals surface area contributed by atoms with Gasteiger partial charge >= 0.3 is 0 Å². The van der Waals surface area contributed by atoms with Crippen LogP contribution in [0, 0.1) is 0 Å². The number of thioether (sulfide) groups is 1. The van der Waals surface area contributed by atoms with Crippen LogP contribution >= 0.6 is 11.8 Å². The summed E-state index contributed by atoms with van der Waals surface area (Å²) < 4.78 is 22.2. The molecule has 0 aromatic rings. The van der Waals surface area contributed by atoms with Gasteiger partial charge in [-0.3, -0.25) is 4.21 Å². The Morgan fingerprint density at radius 3 is 2.90 bits per heavy atom. The molecule has 0 aromatic carbocycles. The van der Waals surface area contributed by atoms with Crippen LogP contribution in [0.4, 0.5) is 0 Å². The molecule has 0 saturated heterocycles. The normalized spacial score (nSPS) is 16.2. The number of nitrogens with one attached hydrogen (secondary N) is 1. The fourth-order valence-electron chi connectivity index (χ4n) is 0.413. The maximum Gasteiger partial charge on any atom is 0.0356 e. The van der Waals surface area contributed by atoms with Gasteiger partial charge in [-0.25, -0.2) is 4.72 Å². The van der Waals surface area contributed by atoms with E-state index in [0.717, 1.165) is 0 Å². The maximum atomic E-state index is 9.98. The van der Waals surface area contributed by atoms with E-state index in [1.807, 2.05) is 6.26 Å². The molecule has 0 saturated carbocycles. The van der Waals surface area contributed by atoms with E-state index in [1.165, 1.54) is 0 Å². The Balaban J connectivity index is 3.44. The molecule has 0 aliphatic rings. The molecule has 0 bridgehead atoms. The van der Waals surface area contributed by atoms with E-state index in [1.54, 1.807) is 17.8 Å². The van der Waals surface area contributed by atoms with Crippen molar-refractivity contribution in [1.82, 2.24) is 4.72 Å². The van der Waals surface area contributed by atoms with Gasteiger partial charge in [-0.1, -0.05) is 6.08 Å². The average molecular weight is 180 g/mol. The first-order chi connectivity index (χ1) is 4.70. The second kappa shape index (κ2) is 5.91. The highest BCUT2D eigenvalue weighted by Gasteiger charge is 1.98. The van der Waals surface area contributed by atoms with Gasteiger partial charge < -0.3 is 4.55 Å². The molecule has 0 spiro atoms. The summed E-state index contributed by atoms with van der Waals surface area (Å²) in [7, 11) is 0. The number of hydrogen-bond acceptors (Lipinski definition) is 3. The summed E-state index contributed by atoms with van der Waals surface area (Å²) >= 11 is -0.592. The van der Waals surface area contributed by atoms with Crippen molar-refractivity contribution in [2.24, 2.45) is 0 Å². The van der Waals surface area contributed by atoms with Crippen LogP contribution in [0.5, 0.6) is 0 Å². The smallest absolute Gasteiger partial charge is 0.0356 e.